The molecule has 1 amide bonds. The maximum absolute atomic E-state index is 12.6. The SMILES string of the molecule is CCOc1ncccc1C1(I)C(=O)Nc2ccc(C#N)cc21. The Hall–Kier alpha value is -2.14. The fourth-order valence-corrected chi connectivity index (χ4v) is 3.50. The van der Waals surface area contributed by atoms with Crippen LogP contribution in [0.25, 0.3) is 0 Å². The third kappa shape index (κ3) is 2.13. The summed E-state index contributed by atoms with van der Waals surface area (Å²) in [5, 5.41) is 12.0. The van der Waals surface area contributed by atoms with Crippen LogP contribution in [0.3, 0.4) is 0 Å². The second-order valence-electron chi connectivity index (χ2n) is 4.77. The Morgan fingerprint density at radius 3 is 2.95 bits per heavy atom. The molecule has 6 heteroatoms. The first-order chi connectivity index (χ1) is 10.6. The zero-order chi connectivity index (χ0) is 15.7. The predicted octanol–water partition coefficient (Wildman–Crippen LogP) is 2.98. The first kappa shape index (κ1) is 14.8. The number of ether oxygens (including phenoxy) is 1. The number of halogens is 1. The van der Waals surface area contributed by atoms with Crippen molar-refractivity contribution in [3.05, 3.63) is 53.2 Å². The van der Waals surface area contributed by atoms with Gasteiger partial charge in [-0.2, -0.15) is 5.26 Å². The van der Waals surface area contributed by atoms with E-state index in [-0.39, 0.29) is 5.91 Å². The van der Waals surface area contributed by atoms with Crippen LogP contribution in [0.1, 0.15) is 23.6 Å². The maximum Gasteiger partial charge on any atom is 0.249 e. The molecular formula is C16H12IN3O2. The van der Waals surface area contributed by atoms with E-state index < -0.39 is 3.42 Å². The number of aromatic nitrogens is 1. The van der Waals surface area contributed by atoms with Crippen LogP contribution in [0.15, 0.2) is 36.5 Å². The van der Waals surface area contributed by atoms with E-state index in [2.05, 4.69) is 39.0 Å². The van der Waals surface area contributed by atoms with Crippen molar-refractivity contribution in [2.45, 2.75) is 10.3 Å². The van der Waals surface area contributed by atoms with Gasteiger partial charge in [-0.3, -0.25) is 4.79 Å². The van der Waals surface area contributed by atoms with Crippen LogP contribution in [0, 0.1) is 11.3 Å². The van der Waals surface area contributed by atoms with Gasteiger partial charge in [0.05, 0.1) is 18.2 Å². The zero-order valence-electron chi connectivity index (χ0n) is 11.8. The molecular weight excluding hydrogens is 393 g/mol. The number of nitriles is 1. The Morgan fingerprint density at radius 2 is 2.23 bits per heavy atom. The molecule has 0 spiro atoms. The van der Waals surface area contributed by atoms with E-state index in [0.717, 1.165) is 5.56 Å². The molecule has 1 aliphatic heterocycles. The molecule has 1 aromatic heterocycles. The Morgan fingerprint density at radius 1 is 1.41 bits per heavy atom. The molecule has 2 heterocycles. The Bertz CT molecular complexity index is 800. The average Bonchev–Trinajstić information content (AvgIpc) is 2.80. The highest BCUT2D eigenvalue weighted by atomic mass is 127. The summed E-state index contributed by atoms with van der Waals surface area (Å²) in [6.07, 6.45) is 1.63. The molecule has 1 aliphatic rings. The van der Waals surface area contributed by atoms with E-state index >= 15 is 0 Å². The molecule has 0 fully saturated rings. The summed E-state index contributed by atoms with van der Waals surface area (Å²) in [7, 11) is 0. The van der Waals surface area contributed by atoms with E-state index in [1.54, 1.807) is 30.5 Å². The van der Waals surface area contributed by atoms with E-state index in [1.165, 1.54) is 0 Å². The number of amides is 1. The average molecular weight is 405 g/mol. The van der Waals surface area contributed by atoms with Crippen LogP contribution in [-0.2, 0) is 8.22 Å². The van der Waals surface area contributed by atoms with Gasteiger partial charge < -0.3 is 10.1 Å². The van der Waals surface area contributed by atoms with Crippen LogP contribution >= 0.6 is 22.6 Å². The van der Waals surface area contributed by atoms with Crippen molar-refractivity contribution in [3.63, 3.8) is 0 Å². The van der Waals surface area contributed by atoms with E-state index in [1.807, 2.05) is 13.0 Å². The molecule has 0 radical (unpaired) electrons. The second kappa shape index (κ2) is 5.57. The number of benzene rings is 1. The third-order valence-corrected chi connectivity index (χ3v) is 5.16. The van der Waals surface area contributed by atoms with E-state index in [9.17, 15) is 4.79 Å². The number of nitrogens with zero attached hydrogens (tertiary/aromatic N) is 2. The lowest BCUT2D eigenvalue weighted by molar-refractivity contribution is -0.116. The fourth-order valence-electron chi connectivity index (χ4n) is 2.51. The number of carbonyl (C=O) groups excluding carboxylic acids is 1. The van der Waals surface area contributed by atoms with Crippen LogP contribution < -0.4 is 10.1 Å². The standard InChI is InChI=1S/C16H12IN3O2/c1-2-22-14-11(4-3-7-19-14)16(17)12-8-10(9-18)5-6-13(12)20-15(16)21/h3-8H,2H2,1H3,(H,20,21). The summed E-state index contributed by atoms with van der Waals surface area (Å²) in [5.74, 6) is 0.275. The molecule has 2 aromatic rings. The van der Waals surface area contributed by atoms with E-state index in [0.29, 0.717) is 29.3 Å². The van der Waals surface area contributed by atoms with Gasteiger partial charge in [0, 0.05) is 23.0 Å². The van der Waals surface area contributed by atoms with Gasteiger partial charge >= 0.3 is 0 Å². The summed E-state index contributed by atoms with van der Waals surface area (Å²) < 4.78 is 4.61. The first-order valence-electron chi connectivity index (χ1n) is 6.74. The number of hydrogen-bond acceptors (Lipinski definition) is 4. The molecule has 22 heavy (non-hydrogen) atoms. The number of anilines is 1. The summed E-state index contributed by atoms with van der Waals surface area (Å²) in [6, 6.07) is 10.9. The Labute approximate surface area is 141 Å². The van der Waals surface area contributed by atoms with E-state index in [4.69, 9.17) is 10.00 Å². The number of fused-ring (bicyclic) bond motifs is 1. The van der Waals surface area contributed by atoms with Crippen molar-refractivity contribution in [1.82, 2.24) is 4.98 Å². The summed E-state index contributed by atoms with van der Waals surface area (Å²) in [4.78, 5) is 16.9. The molecule has 1 atom stereocenters. The van der Waals surface area contributed by atoms with Gasteiger partial charge in [-0.15, -0.1) is 0 Å². The molecule has 0 saturated heterocycles. The Kier molecular flexibility index (Phi) is 3.74. The molecule has 110 valence electrons. The van der Waals surface area contributed by atoms with Crippen LogP contribution in [0.4, 0.5) is 5.69 Å². The number of alkyl halides is 1. The van der Waals surface area contributed by atoms with Crippen molar-refractivity contribution in [2.24, 2.45) is 0 Å². The maximum atomic E-state index is 12.6. The molecule has 1 unspecified atom stereocenters. The highest BCUT2D eigenvalue weighted by Gasteiger charge is 2.48. The zero-order valence-corrected chi connectivity index (χ0v) is 13.9. The summed E-state index contributed by atoms with van der Waals surface area (Å²) in [6.45, 7) is 2.33. The van der Waals surface area contributed by atoms with Crippen molar-refractivity contribution < 1.29 is 9.53 Å². The molecule has 1 N–H and O–H groups in total. The van der Waals surface area contributed by atoms with Gasteiger partial charge in [0.15, 0.2) is 3.42 Å². The van der Waals surface area contributed by atoms with Crippen molar-refractivity contribution in [3.8, 4) is 11.9 Å². The van der Waals surface area contributed by atoms with Gasteiger partial charge in [0.25, 0.3) is 0 Å². The predicted molar refractivity (Wildman–Crippen MR) is 90.0 cm³/mol. The molecule has 0 bridgehead atoms. The van der Waals surface area contributed by atoms with Crippen molar-refractivity contribution in [2.75, 3.05) is 11.9 Å². The normalized spacial score (nSPS) is 19.2. The van der Waals surface area contributed by atoms with Gasteiger partial charge in [-0.05, 0) is 37.3 Å². The largest absolute Gasteiger partial charge is 0.478 e. The van der Waals surface area contributed by atoms with Crippen LogP contribution in [0.5, 0.6) is 5.88 Å². The molecule has 0 saturated carbocycles. The lowest BCUT2D eigenvalue weighted by Gasteiger charge is -2.22. The fraction of sp³-hybridized carbons (Fsp3) is 0.188. The number of carbonyl (C=O) groups is 1. The highest BCUT2D eigenvalue weighted by Crippen LogP contribution is 2.50. The minimum atomic E-state index is -0.960. The van der Waals surface area contributed by atoms with Crippen LogP contribution in [0.2, 0.25) is 0 Å². The van der Waals surface area contributed by atoms with Crippen molar-refractivity contribution in [1.29, 1.82) is 5.26 Å². The Balaban J connectivity index is 2.23. The number of hydrogen-bond donors (Lipinski definition) is 1. The molecule has 1 aromatic carbocycles. The van der Waals surface area contributed by atoms with Gasteiger partial charge in [-0.1, -0.05) is 22.6 Å². The summed E-state index contributed by atoms with van der Waals surface area (Å²) >= 11 is 2.11. The molecule has 5 nitrogen and oxygen atoms in total. The monoisotopic (exact) mass is 405 g/mol. The first-order valence-corrected chi connectivity index (χ1v) is 7.82. The minimum absolute atomic E-state index is 0.160. The van der Waals surface area contributed by atoms with Gasteiger partial charge in [-0.25, -0.2) is 4.98 Å². The smallest absolute Gasteiger partial charge is 0.249 e. The van der Waals surface area contributed by atoms with Crippen LogP contribution in [-0.4, -0.2) is 17.5 Å². The summed E-state index contributed by atoms with van der Waals surface area (Å²) in [5.41, 5.74) is 2.66. The lowest BCUT2D eigenvalue weighted by Crippen LogP contribution is -2.29. The molecule has 3 rings (SSSR count). The number of rotatable bonds is 3. The number of pyridine rings is 1. The lowest BCUT2D eigenvalue weighted by atomic mass is 9.92. The molecule has 0 aliphatic carbocycles. The topological polar surface area (TPSA) is 75.0 Å². The number of nitrogens with one attached hydrogen (secondary N) is 1. The van der Waals surface area contributed by atoms with Gasteiger partial charge in [0.1, 0.15) is 0 Å². The third-order valence-electron chi connectivity index (χ3n) is 3.50. The highest BCUT2D eigenvalue weighted by molar-refractivity contribution is 14.1. The second-order valence-corrected chi connectivity index (χ2v) is 6.39. The quantitative estimate of drug-likeness (QED) is 0.630. The van der Waals surface area contributed by atoms with Gasteiger partial charge in [0.2, 0.25) is 11.8 Å². The minimum Gasteiger partial charge on any atom is -0.478 e. The van der Waals surface area contributed by atoms with Crippen molar-refractivity contribution >= 4 is 34.2 Å².